The molecule has 0 aromatic heterocycles. The molecule has 0 aliphatic rings. The zero-order valence-electron chi connectivity index (χ0n) is 5.98. The normalized spacial score (nSPS) is 10.7. The smallest absolute Gasteiger partial charge is 0.0795 e. The van der Waals surface area contributed by atoms with Gasteiger partial charge in [0.15, 0.2) is 0 Å². The third kappa shape index (κ3) is 2.09. The molecule has 0 bridgehead atoms. The molecule has 0 heterocycles. The van der Waals surface area contributed by atoms with Crippen LogP contribution in [0, 0.1) is 0 Å². The van der Waals surface area contributed by atoms with Gasteiger partial charge in [-0.1, -0.05) is 35.3 Å². The number of halogens is 2. The molecule has 0 saturated carbocycles. The Bertz CT molecular complexity index is 271. The Morgan fingerprint density at radius 3 is 2.73 bits per heavy atom. The average Bonchev–Trinajstić information content (AvgIpc) is 1.99. The first-order chi connectivity index (χ1) is 5.25. The molecule has 0 aliphatic heterocycles. The van der Waals surface area contributed by atoms with Gasteiger partial charge in [0.2, 0.25) is 0 Å². The maximum Gasteiger partial charge on any atom is 0.0795 e. The lowest BCUT2D eigenvalue weighted by Crippen LogP contribution is -2.12. The van der Waals surface area contributed by atoms with Crippen LogP contribution >= 0.6 is 23.2 Å². The SMILES string of the molecule is C=C[SiH2]c1cccc(Cl)c1Cl. The summed E-state index contributed by atoms with van der Waals surface area (Å²) in [6.45, 7) is 3.69. The highest BCUT2D eigenvalue weighted by molar-refractivity contribution is 6.63. The van der Waals surface area contributed by atoms with E-state index in [4.69, 9.17) is 23.2 Å². The first-order valence-electron chi connectivity index (χ1n) is 3.29. The van der Waals surface area contributed by atoms with Gasteiger partial charge < -0.3 is 0 Å². The molecule has 0 radical (unpaired) electrons. The molecule has 0 atom stereocenters. The zero-order chi connectivity index (χ0) is 8.27. The number of rotatable bonds is 2. The maximum atomic E-state index is 5.93. The minimum Gasteiger partial charge on any atom is -0.107 e. The summed E-state index contributed by atoms with van der Waals surface area (Å²) in [6.07, 6.45) is 0. The molecule has 0 fully saturated rings. The summed E-state index contributed by atoms with van der Waals surface area (Å²) in [7, 11) is -0.404. The second kappa shape index (κ2) is 3.95. The van der Waals surface area contributed by atoms with Gasteiger partial charge in [-0.15, -0.1) is 12.3 Å². The van der Waals surface area contributed by atoms with E-state index in [0.29, 0.717) is 10.0 Å². The Morgan fingerprint density at radius 2 is 2.09 bits per heavy atom. The van der Waals surface area contributed by atoms with Crippen LogP contribution in [0.3, 0.4) is 0 Å². The monoisotopic (exact) mass is 202 g/mol. The second-order valence-electron chi connectivity index (χ2n) is 2.21. The van der Waals surface area contributed by atoms with Crippen molar-refractivity contribution in [1.82, 2.24) is 0 Å². The molecule has 1 aromatic carbocycles. The van der Waals surface area contributed by atoms with E-state index in [1.807, 2.05) is 17.8 Å². The van der Waals surface area contributed by atoms with Crippen molar-refractivity contribution in [2.24, 2.45) is 0 Å². The molecule has 0 saturated heterocycles. The van der Waals surface area contributed by atoms with E-state index < -0.39 is 9.52 Å². The van der Waals surface area contributed by atoms with E-state index in [-0.39, 0.29) is 0 Å². The van der Waals surface area contributed by atoms with Crippen LogP contribution in [0.5, 0.6) is 0 Å². The van der Waals surface area contributed by atoms with E-state index in [1.165, 1.54) is 0 Å². The fourth-order valence-corrected chi connectivity index (χ4v) is 2.48. The minimum absolute atomic E-state index is 0.404. The maximum absolute atomic E-state index is 5.93. The van der Waals surface area contributed by atoms with Crippen LogP contribution in [0.1, 0.15) is 0 Å². The predicted octanol–water partition coefficient (Wildman–Crippen LogP) is 1.93. The molecule has 3 heteroatoms. The molecule has 0 N–H and O–H groups in total. The quantitative estimate of drug-likeness (QED) is 0.644. The highest BCUT2D eigenvalue weighted by Gasteiger charge is 2.01. The van der Waals surface area contributed by atoms with Crippen LogP contribution in [0.4, 0.5) is 0 Å². The second-order valence-corrected chi connectivity index (χ2v) is 4.74. The molecule has 11 heavy (non-hydrogen) atoms. The van der Waals surface area contributed by atoms with Gasteiger partial charge in [0.05, 0.1) is 19.6 Å². The van der Waals surface area contributed by atoms with Crippen LogP contribution in [0.25, 0.3) is 0 Å². The van der Waals surface area contributed by atoms with Crippen molar-refractivity contribution in [2.75, 3.05) is 0 Å². The van der Waals surface area contributed by atoms with Gasteiger partial charge >= 0.3 is 0 Å². The molecule has 58 valence electrons. The summed E-state index contributed by atoms with van der Waals surface area (Å²) in [5.41, 5.74) is 1.94. The van der Waals surface area contributed by atoms with Crippen molar-refractivity contribution in [3.05, 3.63) is 40.5 Å². The minimum atomic E-state index is -0.404. The molecular weight excluding hydrogens is 195 g/mol. The molecule has 1 rings (SSSR count). The van der Waals surface area contributed by atoms with Crippen LogP contribution < -0.4 is 5.19 Å². The largest absolute Gasteiger partial charge is 0.107 e. The highest BCUT2D eigenvalue weighted by atomic mass is 35.5. The van der Waals surface area contributed by atoms with Crippen LogP contribution in [-0.2, 0) is 0 Å². The Kier molecular flexibility index (Phi) is 3.18. The van der Waals surface area contributed by atoms with Gasteiger partial charge in [0, 0.05) is 0 Å². The van der Waals surface area contributed by atoms with Crippen molar-refractivity contribution in [3.63, 3.8) is 0 Å². The summed E-state index contributed by atoms with van der Waals surface area (Å²) in [6, 6.07) is 5.72. The van der Waals surface area contributed by atoms with Crippen LogP contribution in [0.15, 0.2) is 30.5 Å². The topological polar surface area (TPSA) is 0 Å². The highest BCUT2D eigenvalue weighted by Crippen LogP contribution is 2.17. The molecule has 0 spiro atoms. The van der Waals surface area contributed by atoms with Crippen LogP contribution in [0.2, 0.25) is 10.0 Å². The summed E-state index contributed by atoms with van der Waals surface area (Å²) in [4.78, 5) is 0. The first kappa shape index (κ1) is 8.85. The fraction of sp³-hybridized carbons (Fsp3) is 0. The molecule has 0 aliphatic carbocycles. The third-order valence-corrected chi connectivity index (χ3v) is 3.80. The molecule has 0 unspecified atom stereocenters. The Hall–Kier alpha value is -0.243. The fourth-order valence-electron chi connectivity index (χ4n) is 0.862. The lowest BCUT2D eigenvalue weighted by molar-refractivity contribution is 1.76. The van der Waals surface area contributed by atoms with Crippen LogP contribution in [-0.4, -0.2) is 9.52 Å². The number of hydrogen-bond donors (Lipinski definition) is 0. The first-order valence-corrected chi connectivity index (χ1v) is 5.57. The van der Waals surface area contributed by atoms with Gasteiger partial charge in [0.25, 0.3) is 0 Å². The Labute approximate surface area is 78.7 Å². The Morgan fingerprint density at radius 1 is 1.36 bits per heavy atom. The van der Waals surface area contributed by atoms with Gasteiger partial charge in [-0.2, -0.15) is 0 Å². The van der Waals surface area contributed by atoms with E-state index in [1.54, 1.807) is 6.07 Å². The van der Waals surface area contributed by atoms with Gasteiger partial charge in [0.1, 0.15) is 0 Å². The predicted molar refractivity (Wildman–Crippen MR) is 54.8 cm³/mol. The summed E-state index contributed by atoms with van der Waals surface area (Å²) >= 11 is 11.7. The van der Waals surface area contributed by atoms with Gasteiger partial charge in [-0.3, -0.25) is 0 Å². The lowest BCUT2D eigenvalue weighted by Gasteiger charge is -2.00. The summed E-state index contributed by atoms with van der Waals surface area (Å²) in [5, 5.41) is 2.49. The average molecular weight is 203 g/mol. The number of benzene rings is 1. The molecule has 1 aromatic rings. The molecule has 0 nitrogen and oxygen atoms in total. The van der Waals surface area contributed by atoms with E-state index in [9.17, 15) is 0 Å². The van der Waals surface area contributed by atoms with E-state index in [0.717, 1.165) is 5.19 Å². The van der Waals surface area contributed by atoms with Gasteiger partial charge in [-0.25, -0.2) is 0 Å². The van der Waals surface area contributed by atoms with Gasteiger partial charge in [-0.05, 0) is 11.3 Å². The van der Waals surface area contributed by atoms with Crippen molar-refractivity contribution in [1.29, 1.82) is 0 Å². The van der Waals surface area contributed by atoms with Crippen molar-refractivity contribution in [3.8, 4) is 0 Å². The lowest BCUT2D eigenvalue weighted by atomic mass is 10.4. The third-order valence-electron chi connectivity index (χ3n) is 1.40. The number of hydrogen-bond acceptors (Lipinski definition) is 0. The molecular formula is C8H8Cl2Si. The summed E-state index contributed by atoms with van der Waals surface area (Å²) in [5.74, 6) is 0. The van der Waals surface area contributed by atoms with Crippen molar-refractivity contribution in [2.45, 2.75) is 0 Å². The Balaban J connectivity index is 3.05. The molecule has 0 amide bonds. The standard InChI is InChI=1S/C8H8Cl2Si/c1-2-11-7-5-3-4-6(9)8(7)10/h2-5H,1,11H2. The van der Waals surface area contributed by atoms with E-state index in [2.05, 4.69) is 6.58 Å². The summed E-state index contributed by atoms with van der Waals surface area (Å²) < 4.78 is 0. The van der Waals surface area contributed by atoms with Crippen molar-refractivity contribution < 1.29 is 0 Å². The van der Waals surface area contributed by atoms with E-state index >= 15 is 0 Å². The zero-order valence-corrected chi connectivity index (χ0v) is 8.91. The van der Waals surface area contributed by atoms with Crippen molar-refractivity contribution >= 4 is 37.9 Å².